The molecule has 0 atom stereocenters. The predicted octanol–water partition coefficient (Wildman–Crippen LogP) is 2.26. The van der Waals surface area contributed by atoms with Crippen LogP contribution in [0, 0.1) is 0 Å². The predicted molar refractivity (Wildman–Crippen MR) is 84.7 cm³/mol. The lowest BCUT2D eigenvalue weighted by molar-refractivity contribution is -0.134. The molecule has 0 bridgehead atoms. The smallest absolute Gasteiger partial charge is 0.260 e. The summed E-state index contributed by atoms with van der Waals surface area (Å²) in [5.74, 6) is 0.455. The van der Waals surface area contributed by atoms with Gasteiger partial charge in [-0.1, -0.05) is 19.3 Å². The van der Waals surface area contributed by atoms with Gasteiger partial charge in [0.1, 0.15) is 5.75 Å². The third kappa shape index (κ3) is 4.47. The lowest BCUT2D eigenvalue weighted by Crippen LogP contribution is -2.40. The van der Waals surface area contributed by atoms with Crippen LogP contribution in [0.15, 0.2) is 29.2 Å². The van der Waals surface area contributed by atoms with Gasteiger partial charge < -0.3 is 9.64 Å². The highest BCUT2D eigenvalue weighted by Crippen LogP contribution is 2.22. The van der Waals surface area contributed by atoms with Gasteiger partial charge in [0, 0.05) is 19.3 Å². The maximum absolute atomic E-state index is 12.1. The van der Waals surface area contributed by atoms with Crippen LogP contribution in [0.5, 0.6) is 5.75 Å². The summed E-state index contributed by atoms with van der Waals surface area (Å²) in [4.78, 5) is 14.2. The van der Waals surface area contributed by atoms with Crippen LogP contribution in [0.3, 0.4) is 0 Å². The van der Waals surface area contributed by atoms with Crippen molar-refractivity contribution in [3.8, 4) is 5.75 Å². The standard InChI is InChI=1S/C16H23NO4S/c1-17(13-6-4-3-5-7-13)16(18)12-21-14-8-10-15(11-9-14)22(2,19)20/h8-11,13H,3-7,12H2,1-2H3. The highest BCUT2D eigenvalue weighted by molar-refractivity contribution is 7.90. The lowest BCUT2D eigenvalue weighted by atomic mass is 9.94. The lowest BCUT2D eigenvalue weighted by Gasteiger charge is -2.31. The molecule has 122 valence electrons. The Morgan fingerprint density at radius 2 is 1.77 bits per heavy atom. The summed E-state index contributed by atoms with van der Waals surface area (Å²) < 4.78 is 28.2. The third-order valence-electron chi connectivity index (χ3n) is 4.13. The molecule has 1 aromatic rings. The maximum Gasteiger partial charge on any atom is 0.260 e. The third-order valence-corrected chi connectivity index (χ3v) is 5.26. The zero-order valence-corrected chi connectivity index (χ0v) is 13.9. The molecule has 0 radical (unpaired) electrons. The van der Waals surface area contributed by atoms with Crippen LogP contribution in [0.1, 0.15) is 32.1 Å². The Bertz CT molecular complexity index is 604. The molecule has 5 nitrogen and oxygen atoms in total. The minimum Gasteiger partial charge on any atom is -0.484 e. The molecule has 0 unspecified atom stereocenters. The first kappa shape index (κ1) is 16.8. The van der Waals surface area contributed by atoms with Crippen molar-refractivity contribution in [1.82, 2.24) is 4.90 Å². The van der Waals surface area contributed by atoms with Gasteiger partial charge in [-0.05, 0) is 37.1 Å². The number of nitrogens with zero attached hydrogens (tertiary/aromatic N) is 1. The van der Waals surface area contributed by atoms with E-state index in [4.69, 9.17) is 4.74 Å². The number of carbonyl (C=O) groups is 1. The average molecular weight is 325 g/mol. The molecule has 0 saturated heterocycles. The second-order valence-electron chi connectivity index (χ2n) is 5.83. The Labute approximate surface area is 132 Å². The molecule has 0 aromatic heterocycles. The summed E-state index contributed by atoms with van der Waals surface area (Å²) in [6.45, 7) is -0.0226. The first-order chi connectivity index (χ1) is 10.4. The molecule has 0 aliphatic heterocycles. The van der Waals surface area contributed by atoms with E-state index in [1.807, 2.05) is 7.05 Å². The number of sulfone groups is 1. The van der Waals surface area contributed by atoms with Crippen molar-refractivity contribution in [2.24, 2.45) is 0 Å². The summed E-state index contributed by atoms with van der Waals surface area (Å²) >= 11 is 0. The van der Waals surface area contributed by atoms with E-state index >= 15 is 0 Å². The van der Waals surface area contributed by atoms with Crippen molar-refractivity contribution in [3.05, 3.63) is 24.3 Å². The van der Waals surface area contributed by atoms with Gasteiger partial charge >= 0.3 is 0 Å². The molecule has 1 saturated carbocycles. The van der Waals surface area contributed by atoms with E-state index in [-0.39, 0.29) is 17.4 Å². The zero-order chi connectivity index (χ0) is 16.2. The first-order valence-electron chi connectivity index (χ1n) is 7.56. The van der Waals surface area contributed by atoms with Gasteiger partial charge in [0.05, 0.1) is 4.90 Å². The number of hydrogen-bond donors (Lipinski definition) is 0. The van der Waals surface area contributed by atoms with Crippen LogP contribution in [0.25, 0.3) is 0 Å². The van der Waals surface area contributed by atoms with E-state index in [0.717, 1.165) is 19.1 Å². The van der Waals surface area contributed by atoms with Crippen LogP contribution in [0.4, 0.5) is 0 Å². The van der Waals surface area contributed by atoms with Crippen LogP contribution in [-0.2, 0) is 14.6 Å². The molecule has 22 heavy (non-hydrogen) atoms. The SMILES string of the molecule is CN(C(=O)COc1ccc(S(C)(=O)=O)cc1)C1CCCCC1. The largest absolute Gasteiger partial charge is 0.484 e. The van der Waals surface area contributed by atoms with Crippen molar-refractivity contribution < 1.29 is 17.9 Å². The van der Waals surface area contributed by atoms with E-state index in [2.05, 4.69) is 0 Å². The molecule has 6 heteroatoms. The molecule has 1 aliphatic carbocycles. The van der Waals surface area contributed by atoms with Crippen molar-refractivity contribution in [1.29, 1.82) is 0 Å². The number of likely N-dealkylation sites (N-methyl/N-ethyl adjacent to an activating group) is 1. The second-order valence-corrected chi connectivity index (χ2v) is 7.84. The molecule has 1 aliphatic rings. The fraction of sp³-hybridized carbons (Fsp3) is 0.562. The molecule has 1 fully saturated rings. The van der Waals surface area contributed by atoms with Crippen LogP contribution >= 0.6 is 0 Å². The van der Waals surface area contributed by atoms with Gasteiger partial charge in [0.15, 0.2) is 16.4 Å². The summed E-state index contributed by atoms with van der Waals surface area (Å²) in [6, 6.07) is 6.44. The molecular weight excluding hydrogens is 302 g/mol. The van der Waals surface area contributed by atoms with Gasteiger partial charge in [0.2, 0.25) is 0 Å². The van der Waals surface area contributed by atoms with Crippen molar-refractivity contribution in [3.63, 3.8) is 0 Å². The first-order valence-corrected chi connectivity index (χ1v) is 9.45. The number of rotatable bonds is 5. The fourth-order valence-electron chi connectivity index (χ4n) is 2.70. The normalized spacial score (nSPS) is 16.3. The Balaban J connectivity index is 1.88. The fourth-order valence-corrected chi connectivity index (χ4v) is 3.33. The molecule has 2 rings (SSSR count). The minimum atomic E-state index is -3.21. The van der Waals surface area contributed by atoms with Gasteiger partial charge in [-0.2, -0.15) is 0 Å². The molecule has 0 heterocycles. The highest BCUT2D eigenvalue weighted by atomic mass is 32.2. The molecule has 1 aromatic carbocycles. The molecule has 1 amide bonds. The summed E-state index contributed by atoms with van der Waals surface area (Å²) in [7, 11) is -1.38. The number of carbonyl (C=O) groups excluding carboxylic acids is 1. The van der Waals surface area contributed by atoms with E-state index in [1.54, 1.807) is 17.0 Å². The van der Waals surface area contributed by atoms with Gasteiger partial charge in [0.25, 0.3) is 5.91 Å². The Hall–Kier alpha value is -1.56. The van der Waals surface area contributed by atoms with Crippen LogP contribution in [-0.4, -0.2) is 45.2 Å². The number of ether oxygens (including phenoxy) is 1. The van der Waals surface area contributed by atoms with E-state index < -0.39 is 9.84 Å². The Kier molecular flexibility index (Phi) is 5.45. The summed E-state index contributed by atoms with van der Waals surface area (Å²) in [5.41, 5.74) is 0. The quantitative estimate of drug-likeness (QED) is 0.833. The van der Waals surface area contributed by atoms with E-state index in [0.29, 0.717) is 11.8 Å². The van der Waals surface area contributed by atoms with Crippen LogP contribution in [0.2, 0.25) is 0 Å². The number of hydrogen-bond acceptors (Lipinski definition) is 4. The van der Waals surface area contributed by atoms with Crippen molar-refractivity contribution in [2.45, 2.75) is 43.0 Å². The van der Waals surface area contributed by atoms with Crippen molar-refractivity contribution >= 4 is 15.7 Å². The molecule has 0 N–H and O–H groups in total. The van der Waals surface area contributed by atoms with E-state index in [1.165, 1.54) is 31.4 Å². The summed E-state index contributed by atoms with van der Waals surface area (Å²) in [5, 5.41) is 0. The Morgan fingerprint density at radius 1 is 1.18 bits per heavy atom. The average Bonchev–Trinajstić information content (AvgIpc) is 2.52. The van der Waals surface area contributed by atoms with Crippen LogP contribution < -0.4 is 4.74 Å². The molecular formula is C16H23NO4S. The van der Waals surface area contributed by atoms with Crippen molar-refractivity contribution in [2.75, 3.05) is 19.9 Å². The van der Waals surface area contributed by atoms with Gasteiger partial charge in [-0.3, -0.25) is 4.79 Å². The maximum atomic E-state index is 12.1. The molecule has 0 spiro atoms. The number of benzene rings is 1. The van der Waals surface area contributed by atoms with Gasteiger partial charge in [-0.25, -0.2) is 8.42 Å². The zero-order valence-electron chi connectivity index (χ0n) is 13.1. The van der Waals surface area contributed by atoms with Gasteiger partial charge in [-0.15, -0.1) is 0 Å². The Morgan fingerprint density at radius 3 is 2.32 bits per heavy atom. The number of amides is 1. The second kappa shape index (κ2) is 7.13. The monoisotopic (exact) mass is 325 g/mol. The van der Waals surface area contributed by atoms with E-state index in [9.17, 15) is 13.2 Å². The topological polar surface area (TPSA) is 63.7 Å². The highest BCUT2D eigenvalue weighted by Gasteiger charge is 2.22. The minimum absolute atomic E-state index is 0.0226. The summed E-state index contributed by atoms with van der Waals surface area (Å²) in [6.07, 6.45) is 6.88.